The number of aliphatic carboxylic acids is 1. The summed E-state index contributed by atoms with van der Waals surface area (Å²) in [4.78, 5) is 105. The number of phenols is 1. The molecule has 59 heavy (non-hydrogen) atoms. The molecule has 0 aliphatic carbocycles. The van der Waals surface area contributed by atoms with Crippen molar-refractivity contribution in [2.45, 2.75) is 128 Å². The number of carboxylic acid groups (broad SMARTS) is 1. The van der Waals surface area contributed by atoms with Gasteiger partial charge in [0.15, 0.2) is 0 Å². The van der Waals surface area contributed by atoms with Gasteiger partial charge in [0.05, 0.1) is 6.04 Å². The van der Waals surface area contributed by atoms with Crippen LogP contribution in [-0.2, 0) is 44.8 Å². The highest BCUT2D eigenvalue weighted by molar-refractivity contribution is 7.98. The van der Waals surface area contributed by atoms with E-state index in [0.29, 0.717) is 37.1 Å². The lowest BCUT2D eigenvalue weighted by Crippen LogP contribution is -2.60. The number of thioether (sulfide) groups is 1. The molecule has 19 nitrogen and oxygen atoms in total. The van der Waals surface area contributed by atoms with Crippen LogP contribution in [0.5, 0.6) is 5.75 Å². The van der Waals surface area contributed by atoms with Gasteiger partial charge < -0.3 is 59.3 Å². The molecule has 0 unspecified atom stereocenters. The third-order valence-electron chi connectivity index (χ3n) is 9.58. The second-order valence-electron chi connectivity index (χ2n) is 14.9. The molecule has 0 bridgehead atoms. The molecule has 0 aromatic heterocycles. The third kappa shape index (κ3) is 19.1. The molecule has 20 heteroatoms. The number of phenolic OH excluding ortho intramolecular Hbond substituents is 1. The molecule has 0 aliphatic rings. The topological polar surface area (TPSA) is 327 Å². The summed E-state index contributed by atoms with van der Waals surface area (Å²) in [6.07, 6.45) is 2.65. The van der Waals surface area contributed by atoms with Crippen LogP contribution in [-0.4, -0.2) is 118 Å². The molecule has 1 aromatic carbocycles. The molecule has 1 aromatic rings. The number of amides is 7. The summed E-state index contributed by atoms with van der Waals surface area (Å²) in [6, 6.07) is -2.60. The van der Waals surface area contributed by atoms with Crippen molar-refractivity contribution >= 4 is 59.1 Å². The smallest absolute Gasteiger partial charge is 0.326 e. The fourth-order valence-electron chi connectivity index (χ4n) is 5.73. The van der Waals surface area contributed by atoms with E-state index in [1.165, 1.54) is 43.0 Å². The zero-order valence-corrected chi connectivity index (χ0v) is 35.7. The van der Waals surface area contributed by atoms with E-state index in [-0.39, 0.29) is 43.8 Å². The lowest BCUT2D eigenvalue weighted by atomic mass is 9.96. The van der Waals surface area contributed by atoms with Crippen LogP contribution in [0, 0.1) is 11.8 Å². The largest absolute Gasteiger partial charge is 0.508 e. The Bertz CT molecular complexity index is 1560. The Morgan fingerprint density at radius 1 is 0.678 bits per heavy atom. The van der Waals surface area contributed by atoms with Gasteiger partial charge >= 0.3 is 5.97 Å². The average molecular weight is 852 g/mol. The van der Waals surface area contributed by atoms with Gasteiger partial charge in [-0.25, -0.2) is 4.79 Å². The number of nitrogens with one attached hydrogen (secondary N) is 6. The van der Waals surface area contributed by atoms with Crippen LogP contribution in [0.3, 0.4) is 0 Å². The molecular formula is C39H65N9O10S. The minimum atomic E-state index is -1.45. The highest BCUT2D eigenvalue weighted by atomic mass is 32.2. The van der Waals surface area contributed by atoms with Crippen LogP contribution in [0.4, 0.5) is 0 Å². The quantitative estimate of drug-likeness (QED) is 0.0457. The Balaban J connectivity index is 3.50. The maximum atomic E-state index is 14.1. The molecular weight excluding hydrogens is 787 g/mol. The molecule has 0 saturated heterocycles. The SMILES string of the molecule is CC[C@H](C)[C@@H](NC(=O)[C@@H](C)N)C(=O)N[C@H](Cc1ccc(O)cc1)C(=O)N[C@H](CCC(N)=O)C(=O)N[C@H](CCSC)C(=O)N[C@H](CCCCN)C(=O)N[C@@H](C(=O)O)C(C)C. The Kier molecular flexibility index (Phi) is 23.8. The van der Waals surface area contributed by atoms with Crippen LogP contribution < -0.4 is 49.1 Å². The van der Waals surface area contributed by atoms with E-state index >= 15 is 0 Å². The number of rotatable bonds is 28. The standard InChI is InChI=1S/C39H65N9O10S/c1-7-22(4)32(48-33(51)23(5)41)38(56)46-29(20-24-11-13-25(49)14-12-24)37(55)44-27(15-16-30(42)50)34(52)45-28(17-19-59-6)35(53)43-26(10-8-9-18-40)36(54)47-31(21(2)3)39(57)58/h11-14,21-23,26-29,31-32,49H,7-10,15-20,40-41H2,1-6H3,(H2,42,50)(H,43,53)(H,44,55)(H,45,52)(H,46,56)(H,47,54)(H,48,51)(H,57,58)/t22-,23+,26+,27+,28+,29+,31+,32+/m0/s1. The van der Waals surface area contributed by atoms with Gasteiger partial charge in [-0.3, -0.25) is 33.6 Å². The van der Waals surface area contributed by atoms with Gasteiger partial charge in [-0.15, -0.1) is 0 Å². The molecule has 8 atom stereocenters. The van der Waals surface area contributed by atoms with Crippen LogP contribution in [0.1, 0.15) is 85.1 Å². The summed E-state index contributed by atoms with van der Waals surface area (Å²) in [5.41, 5.74) is 17.3. The summed E-state index contributed by atoms with van der Waals surface area (Å²) in [5, 5.41) is 35.1. The van der Waals surface area contributed by atoms with Crippen molar-refractivity contribution in [3.05, 3.63) is 29.8 Å². The van der Waals surface area contributed by atoms with Crippen molar-refractivity contribution < 1.29 is 48.6 Å². The van der Waals surface area contributed by atoms with Crippen LogP contribution in [0.15, 0.2) is 24.3 Å². The number of carbonyl (C=O) groups excluding carboxylic acids is 7. The molecule has 7 amide bonds. The van der Waals surface area contributed by atoms with E-state index in [1.54, 1.807) is 27.0 Å². The summed E-state index contributed by atoms with van der Waals surface area (Å²) < 4.78 is 0. The lowest BCUT2D eigenvalue weighted by molar-refractivity contribution is -0.143. The van der Waals surface area contributed by atoms with E-state index in [0.717, 1.165) is 0 Å². The fourth-order valence-corrected chi connectivity index (χ4v) is 6.20. The zero-order valence-electron chi connectivity index (χ0n) is 34.9. The number of aromatic hydroxyl groups is 1. The maximum absolute atomic E-state index is 14.1. The lowest BCUT2D eigenvalue weighted by Gasteiger charge is -2.29. The summed E-state index contributed by atoms with van der Waals surface area (Å²) >= 11 is 1.38. The van der Waals surface area contributed by atoms with Crippen LogP contribution in [0.25, 0.3) is 0 Å². The molecule has 14 N–H and O–H groups in total. The van der Waals surface area contributed by atoms with Crippen LogP contribution in [0.2, 0.25) is 0 Å². The molecule has 0 heterocycles. The number of primary amides is 1. The van der Waals surface area contributed by atoms with E-state index in [2.05, 4.69) is 31.9 Å². The molecule has 0 spiro atoms. The highest BCUT2D eigenvalue weighted by Crippen LogP contribution is 2.15. The normalized spacial score (nSPS) is 15.2. The number of hydrogen-bond acceptors (Lipinski definition) is 12. The number of carbonyl (C=O) groups is 8. The minimum absolute atomic E-state index is 0.0417. The minimum Gasteiger partial charge on any atom is -0.508 e. The number of benzene rings is 1. The van der Waals surface area contributed by atoms with Gasteiger partial charge in [0.2, 0.25) is 41.4 Å². The summed E-state index contributed by atoms with van der Waals surface area (Å²) in [5.74, 6) is -7.02. The Morgan fingerprint density at radius 2 is 1.17 bits per heavy atom. The zero-order chi connectivity index (χ0) is 44.8. The first kappa shape index (κ1) is 52.1. The molecule has 332 valence electrons. The van der Waals surface area contributed by atoms with Gasteiger partial charge in [-0.05, 0) is 87.1 Å². The second-order valence-corrected chi connectivity index (χ2v) is 15.9. The van der Waals surface area contributed by atoms with E-state index < -0.39 is 95.5 Å². The van der Waals surface area contributed by atoms with E-state index in [9.17, 15) is 48.6 Å². The van der Waals surface area contributed by atoms with E-state index in [1.807, 2.05) is 6.92 Å². The summed E-state index contributed by atoms with van der Waals surface area (Å²) in [7, 11) is 0. The molecule has 0 fully saturated rings. The average Bonchev–Trinajstić information content (AvgIpc) is 3.17. The second kappa shape index (κ2) is 26.9. The van der Waals surface area contributed by atoms with Gasteiger partial charge in [0, 0.05) is 12.8 Å². The fraction of sp³-hybridized carbons (Fsp3) is 0.641. The Labute approximate surface area is 350 Å². The Morgan fingerprint density at radius 3 is 1.64 bits per heavy atom. The van der Waals surface area contributed by atoms with Gasteiger partial charge in [0.1, 0.15) is 42.0 Å². The molecule has 0 aliphatic heterocycles. The monoisotopic (exact) mass is 851 g/mol. The van der Waals surface area contributed by atoms with Crippen molar-refractivity contribution in [3.63, 3.8) is 0 Å². The maximum Gasteiger partial charge on any atom is 0.326 e. The van der Waals surface area contributed by atoms with Crippen molar-refractivity contribution in [2.75, 3.05) is 18.6 Å². The number of unbranched alkanes of at least 4 members (excludes halogenated alkanes) is 1. The van der Waals surface area contributed by atoms with Crippen LogP contribution >= 0.6 is 11.8 Å². The third-order valence-corrected chi connectivity index (χ3v) is 10.2. The molecule has 0 saturated carbocycles. The van der Waals surface area contributed by atoms with Gasteiger partial charge in [-0.1, -0.05) is 46.2 Å². The van der Waals surface area contributed by atoms with Crippen molar-refractivity contribution in [3.8, 4) is 5.75 Å². The Hall–Kier alpha value is -4.95. The predicted molar refractivity (Wildman–Crippen MR) is 223 cm³/mol. The van der Waals surface area contributed by atoms with E-state index in [4.69, 9.17) is 17.2 Å². The molecule has 0 radical (unpaired) electrons. The first-order valence-electron chi connectivity index (χ1n) is 19.8. The predicted octanol–water partition coefficient (Wildman–Crippen LogP) is -0.875. The first-order valence-corrected chi connectivity index (χ1v) is 21.2. The number of carboxylic acids is 1. The van der Waals surface area contributed by atoms with Crippen molar-refractivity contribution in [1.82, 2.24) is 31.9 Å². The number of nitrogens with two attached hydrogens (primary N) is 3. The summed E-state index contributed by atoms with van der Waals surface area (Å²) in [6.45, 7) is 8.58. The van der Waals surface area contributed by atoms with Gasteiger partial charge in [-0.2, -0.15) is 11.8 Å². The number of hydrogen-bond donors (Lipinski definition) is 11. The van der Waals surface area contributed by atoms with Crippen molar-refractivity contribution in [1.29, 1.82) is 0 Å². The van der Waals surface area contributed by atoms with Gasteiger partial charge in [0.25, 0.3) is 0 Å². The van der Waals surface area contributed by atoms with Crippen molar-refractivity contribution in [2.24, 2.45) is 29.0 Å². The first-order chi connectivity index (χ1) is 27.7. The molecule has 1 rings (SSSR count). The highest BCUT2D eigenvalue weighted by Gasteiger charge is 2.35.